The van der Waals surface area contributed by atoms with E-state index in [4.69, 9.17) is 43.0 Å². The molecule has 1 aliphatic rings. The zero-order valence-electron chi connectivity index (χ0n) is 55.8. The first-order valence-electron chi connectivity index (χ1n) is 32.9. The number of ether oxygens (including phenoxy) is 3. The number of carboxylic acid groups (broad SMARTS) is 1. The van der Waals surface area contributed by atoms with Crippen molar-refractivity contribution in [2.45, 2.75) is 39.5 Å². The second-order valence-corrected chi connectivity index (χ2v) is 30.1. The van der Waals surface area contributed by atoms with Crippen molar-refractivity contribution in [3.63, 3.8) is 0 Å². The van der Waals surface area contributed by atoms with Crippen LogP contribution < -0.4 is 19.3 Å². The standard InChI is InChI=1S/C42H36N6O4S3.C36H22N6O3S5/c1-4-6-22-51-31-16-12-29(13-17-31)48(30-14-18-32(19-15-30)52-23-7-5-2)28-10-8-27(9-11-28)37-26-45-41(54-37)35-21-20-34(38-39(35)47-55-46-38)40-44-25-33(53-40)24-36(43-3)42(49)50;43-21-45-20-41-35(44)29(49-36(41)46)17-26-18-37-33(47-26)27-15-16-28(32-31(27)39-50-40-32)34-38-19-30(48-34)22-11-13-25(14-12-22)42(23-7-3-1-4-8-23)24-9-5-2-6-10-24/h8-21,24-26H,4-7,22-23H2,1-2H3,(H,49,50);1-19,21H,20H2/b36-24-;29-17+. The highest BCUT2D eigenvalue weighted by atomic mass is 32.2. The van der Waals surface area contributed by atoms with Crippen molar-refractivity contribution < 1.29 is 33.7 Å². The van der Waals surface area contributed by atoms with E-state index in [0.29, 0.717) is 37.8 Å². The average molecular weight is 1530 g/mol. The van der Waals surface area contributed by atoms with Crippen molar-refractivity contribution in [2.24, 2.45) is 0 Å². The summed E-state index contributed by atoms with van der Waals surface area (Å²) in [6, 6.07) is 62.1. The van der Waals surface area contributed by atoms with Gasteiger partial charge in [-0.05, 0) is 157 Å². The number of aromatic nitrogens is 8. The number of hydrogen-bond acceptors (Lipinski definition) is 24. The smallest absolute Gasteiger partial charge is 0.333 e. The van der Waals surface area contributed by atoms with Crippen LogP contribution in [0.4, 0.5) is 34.1 Å². The maximum atomic E-state index is 12.8. The largest absolute Gasteiger partial charge is 0.494 e. The summed E-state index contributed by atoms with van der Waals surface area (Å²) >= 11 is 14.6. The van der Waals surface area contributed by atoms with Gasteiger partial charge in [-0.2, -0.15) is 17.5 Å². The lowest BCUT2D eigenvalue weighted by Crippen LogP contribution is -2.30. The summed E-state index contributed by atoms with van der Waals surface area (Å²) in [4.78, 5) is 66.0. The highest BCUT2D eigenvalue weighted by molar-refractivity contribution is 8.26. The van der Waals surface area contributed by atoms with Crippen LogP contribution in [-0.2, 0) is 19.1 Å². The highest BCUT2D eigenvalue weighted by Crippen LogP contribution is 2.45. The van der Waals surface area contributed by atoms with Crippen molar-refractivity contribution in [1.82, 2.24) is 42.3 Å². The zero-order chi connectivity index (χ0) is 72.2. The van der Waals surface area contributed by atoms with E-state index in [1.807, 2.05) is 97.3 Å². The molecular weight excluding hydrogens is 1470 g/mol. The van der Waals surface area contributed by atoms with Crippen LogP contribution in [0.15, 0.2) is 217 Å². The van der Waals surface area contributed by atoms with Crippen molar-refractivity contribution in [2.75, 3.05) is 29.7 Å². The molecule has 1 amide bonds. The predicted octanol–water partition coefficient (Wildman–Crippen LogP) is 21.2. The maximum absolute atomic E-state index is 12.8. The highest BCUT2D eigenvalue weighted by Gasteiger charge is 2.33. The molecule has 0 spiro atoms. The molecule has 27 heteroatoms. The number of carbonyl (C=O) groups is 3. The summed E-state index contributed by atoms with van der Waals surface area (Å²) in [6.45, 7) is 12.9. The Morgan fingerprint density at radius 3 is 1.33 bits per heavy atom. The number of thioether (sulfide) groups is 1. The Labute approximate surface area is 637 Å². The summed E-state index contributed by atoms with van der Waals surface area (Å²) in [6.07, 6.45) is 14.3. The minimum absolute atomic E-state index is 0.213. The van der Waals surface area contributed by atoms with E-state index in [1.54, 1.807) is 41.1 Å². The molecule has 1 saturated heterocycles. The molecule has 0 saturated carbocycles. The maximum Gasteiger partial charge on any atom is 0.333 e. The number of aliphatic carboxylic acids is 1. The number of fused-ring (bicyclic) bond motifs is 2. The van der Waals surface area contributed by atoms with Crippen molar-refractivity contribution in [3.05, 3.63) is 239 Å². The van der Waals surface area contributed by atoms with Crippen LogP contribution in [0.2, 0.25) is 0 Å². The normalized spacial score (nSPS) is 12.5. The fraction of sp³-hybridized carbons (Fsp3) is 0.115. The quantitative estimate of drug-likeness (QED) is 0.0175. The molecular formula is C78H58N12O7S8. The van der Waals surface area contributed by atoms with E-state index in [2.05, 4.69) is 153 Å². The lowest BCUT2D eigenvalue weighted by Gasteiger charge is -2.26. The van der Waals surface area contributed by atoms with E-state index in [0.717, 1.165) is 186 Å². The van der Waals surface area contributed by atoms with Gasteiger partial charge < -0.3 is 29.1 Å². The Morgan fingerprint density at radius 1 is 0.533 bits per heavy atom. The molecule has 520 valence electrons. The summed E-state index contributed by atoms with van der Waals surface area (Å²) in [5.41, 5.74) is 14.3. The van der Waals surface area contributed by atoms with Gasteiger partial charge in [0, 0.05) is 90.9 Å². The van der Waals surface area contributed by atoms with Gasteiger partial charge in [0.05, 0.1) is 57.9 Å². The number of thiocarbonyl (C=S) groups is 1. The van der Waals surface area contributed by atoms with E-state index in [9.17, 15) is 19.5 Å². The molecule has 6 aromatic heterocycles. The number of anilines is 6. The first-order valence-corrected chi connectivity index (χ1v) is 38.8. The summed E-state index contributed by atoms with van der Waals surface area (Å²) in [5, 5.41) is 12.3. The number of hydrogen-bond donors (Lipinski definition) is 1. The Morgan fingerprint density at radius 2 is 0.924 bits per heavy atom. The molecule has 19 nitrogen and oxygen atoms in total. The number of rotatable bonds is 26. The minimum atomic E-state index is -1.27. The monoisotopic (exact) mass is 1530 g/mol. The van der Waals surface area contributed by atoms with Gasteiger partial charge in [-0.3, -0.25) is 19.3 Å². The molecule has 105 heavy (non-hydrogen) atoms. The van der Waals surface area contributed by atoms with Gasteiger partial charge in [-0.1, -0.05) is 111 Å². The molecule has 1 aliphatic heterocycles. The first kappa shape index (κ1) is 71.0. The topological polar surface area (TPSA) is 216 Å². The number of carboxylic acids is 1. The lowest BCUT2D eigenvalue weighted by molar-refractivity contribution is -0.136. The lowest BCUT2D eigenvalue weighted by atomic mass is 10.1. The predicted molar refractivity (Wildman–Crippen MR) is 430 cm³/mol. The van der Waals surface area contributed by atoms with E-state index in [1.165, 1.54) is 33.6 Å². The van der Waals surface area contributed by atoms with Crippen LogP contribution >= 0.6 is 92.8 Å². The molecule has 7 heterocycles. The second-order valence-electron chi connectivity index (χ2n) is 23.2. The van der Waals surface area contributed by atoms with Crippen molar-refractivity contribution >= 4 is 184 Å². The number of carbonyl (C=O) groups excluding carboxylic acids is 2. The average Bonchev–Trinajstić information content (AvgIpc) is 1.66. The molecule has 8 aromatic carbocycles. The third-order valence-electron chi connectivity index (χ3n) is 16.4. The summed E-state index contributed by atoms with van der Waals surface area (Å²) < 4.78 is 35.4. The third kappa shape index (κ3) is 16.0. The molecule has 0 bridgehead atoms. The van der Waals surface area contributed by atoms with Crippen LogP contribution in [0.5, 0.6) is 11.5 Å². The zero-order valence-corrected chi connectivity index (χ0v) is 62.4. The van der Waals surface area contributed by atoms with Gasteiger partial charge in [-0.15, -0.1) is 45.3 Å². The summed E-state index contributed by atoms with van der Waals surface area (Å²) in [7, 11) is 0. The third-order valence-corrected chi connectivity index (χ3v) is 23.0. The molecule has 0 radical (unpaired) electrons. The molecule has 0 atom stereocenters. The minimum Gasteiger partial charge on any atom is -0.494 e. The SMILES string of the molecule is O=COCN1C(=O)/C(=C\c2cnc(-c3ccc(-c4ncc(-c5ccc(N(c6ccccc6)c6ccccc6)cc5)s4)c4nsnc34)s2)SC1=S.[C-]#[N+]/C(=C\c1cnc(-c2ccc(-c3ncc(-c4ccc(N(c5ccc(OCCCC)cc5)c5ccc(OCCCC)cc5)cc4)s3)c3nsnc23)s1)C(=O)O. The van der Waals surface area contributed by atoms with Gasteiger partial charge in [0.15, 0.2) is 11.1 Å². The van der Waals surface area contributed by atoms with Gasteiger partial charge in [-0.25, -0.2) is 24.8 Å². The van der Waals surface area contributed by atoms with Gasteiger partial charge in [0.2, 0.25) is 0 Å². The number of unbranched alkanes of at least 4 members (excludes halogenated alkanes) is 2. The first-order chi connectivity index (χ1) is 51.5. The molecule has 1 fully saturated rings. The van der Waals surface area contributed by atoms with Gasteiger partial charge >= 0.3 is 5.97 Å². The molecule has 0 aliphatic carbocycles. The van der Waals surface area contributed by atoms with Crippen LogP contribution in [0.25, 0.3) is 102 Å². The van der Waals surface area contributed by atoms with E-state index in [-0.39, 0.29) is 24.8 Å². The number of thiazole rings is 4. The molecule has 14 aromatic rings. The van der Waals surface area contributed by atoms with Crippen LogP contribution in [0.1, 0.15) is 49.3 Å². The van der Waals surface area contributed by atoms with E-state index < -0.39 is 5.97 Å². The second kappa shape index (κ2) is 33.2. The number of nitrogens with zero attached hydrogens (tertiary/aromatic N) is 12. The Kier molecular flexibility index (Phi) is 22.4. The number of para-hydroxylation sites is 2. The van der Waals surface area contributed by atoms with Gasteiger partial charge in [0.25, 0.3) is 18.1 Å². The fourth-order valence-electron chi connectivity index (χ4n) is 11.2. The Balaban J connectivity index is 0.000000178. The Hall–Kier alpha value is -11.1. The van der Waals surface area contributed by atoms with Crippen LogP contribution in [0, 0.1) is 6.57 Å². The van der Waals surface area contributed by atoms with Crippen molar-refractivity contribution in [3.8, 4) is 74.7 Å². The molecule has 1 N–H and O–H groups in total. The summed E-state index contributed by atoms with van der Waals surface area (Å²) in [5.74, 6) is 0.122. The van der Waals surface area contributed by atoms with Crippen LogP contribution in [0.3, 0.4) is 0 Å². The number of benzene rings is 8. The van der Waals surface area contributed by atoms with Crippen LogP contribution in [-0.4, -0.2) is 90.1 Å². The molecule has 0 unspecified atom stereocenters. The van der Waals surface area contributed by atoms with Gasteiger partial charge in [0.1, 0.15) is 53.6 Å². The fourth-order valence-corrected chi connectivity index (χ4v) is 17.3. The number of amides is 1. The van der Waals surface area contributed by atoms with E-state index >= 15 is 0 Å². The van der Waals surface area contributed by atoms with Crippen molar-refractivity contribution in [1.29, 1.82) is 0 Å². The Bertz CT molecular complexity index is 5450. The molecule has 15 rings (SSSR count).